The molecular formula is C34H23N3S3. The normalized spacial score (nSPS) is 11.4. The van der Waals surface area contributed by atoms with Gasteiger partial charge in [0.15, 0.2) is 0 Å². The summed E-state index contributed by atoms with van der Waals surface area (Å²) in [6.45, 7) is 0. The van der Waals surface area contributed by atoms with Crippen molar-refractivity contribution in [1.29, 1.82) is 0 Å². The highest BCUT2D eigenvalue weighted by Gasteiger charge is 2.15. The average molecular weight is 570 g/mol. The summed E-state index contributed by atoms with van der Waals surface area (Å²) in [5.74, 6) is 0. The molecule has 4 aromatic carbocycles. The van der Waals surface area contributed by atoms with Crippen LogP contribution in [0.4, 0.5) is 17.1 Å². The van der Waals surface area contributed by atoms with Crippen molar-refractivity contribution in [2.24, 2.45) is 0 Å². The number of para-hydroxylation sites is 2. The zero-order chi connectivity index (χ0) is 26.7. The molecule has 192 valence electrons. The van der Waals surface area contributed by atoms with E-state index >= 15 is 0 Å². The average Bonchev–Trinajstić information content (AvgIpc) is 3.80. The van der Waals surface area contributed by atoms with Crippen LogP contribution in [0.25, 0.3) is 44.1 Å². The molecule has 0 amide bonds. The number of fused-ring (bicyclic) bond motifs is 1. The van der Waals surface area contributed by atoms with E-state index in [4.69, 9.17) is 0 Å². The molecule has 0 bridgehead atoms. The Kier molecular flexibility index (Phi) is 6.80. The van der Waals surface area contributed by atoms with Gasteiger partial charge < -0.3 is 4.90 Å². The molecule has 0 unspecified atom stereocenters. The molecule has 0 saturated carbocycles. The minimum absolute atomic E-state index is 0.977. The van der Waals surface area contributed by atoms with Gasteiger partial charge in [0.25, 0.3) is 0 Å². The van der Waals surface area contributed by atoms with Gasteiger partial charge in [0, 0.05) is 42.8 Å². The first-order valence-electron chi connectivity index (χ1n) is 12.9. The first-order chi connectivity index (χ1) is 19.8. The zero-order valence-corrected chi connectivity index (χ0v) is 23.8. The van der Waals surface area contributed by atoms with Gasteiger partial charge in [0.1, 0.15) is 11.0 Å². The molecule has 40 heavy (non-hydrogen) atoms. The fourth-order valence-electron chi connectivity index (χ4n) is 4.80. The van der Waals surface area contributed by atoms with Gasteiger partial charge in [0.05, 0.1) is 11.7 Å². The van der Waals surface area contributed by atoms with E-state index in [1.165, 1.54) is 26.4 Å². The van der Waals surface area contributed by atoms with E-state index in [-0.39, 0.29) is 0 Å². The van der Waals surface area contributed by atoms with Gasteiger partial charge in [-0.2, -0.15) is 8.75 Å². The first-order valence-corrected chi connectivity index (χ1v) is 15.3. The molecule has 7 rings (SSSR count). The van der Waals surface area contributed by atoms with Crippen LogP contribution in [0.15, 0.2) is 127 Å². The Morgan fingerprint density at radius 3 is 1.77 bits per heavy atom. The molecule has 0 atom stereocenters. The molecular weight excluding hydrogens is 547 g/mol. The van der Waals surface area contributed by atoms with Gasteiger partial charge in [-0.1, -0.05) is 72.8 Å². The number of rotatable bonds is 7. The lowest BCUT2D eigenvalue weighted by Gasteiger charge is -2.25. The summed E-state index contributed by atoms with van der Waals surface area (Å²) in [5.41, 5.74) is 8.81. The highest BCUT2D eigenvalue weighted by molar-refractivity contribution is 7.16. The van der Waals surface area contributed by atoms with Crippen LogP contribution in [0.1, 0.15) is 10.4 Å². The van der Waals surface area contributed by atoms with Crippen LogP contribution in [0.3, 0.4) is 0 Å². The molecule has 3 nitrogen and oxygen atoms in total. The lowest BCUT2D eigenvalue weighted by molar-refractivity contribution is 1.28. The Morgan fingerprint density at radius 2 is 1.15 bits per heavy atom. The minimum atomic E-state index is 0.977. The Bertz CT molecular complexity index is 1850. The molecule has 0 fully saturated rings. The van der Waals surface area contributed by atoms with Gasteiger partial charge in [-0.3, -0.25) is 0 Å². The maximum absolute atomic E-state index is 4.65. The fraction of sp³-hybridized carbons (Fsp3) is 0. The van der Waals surface area contributed by atoms with E-state index in [2.05, 4.69) is 140 Å². The van der Waals surface area contributed by atoms with Gasteiger partial charge in [-0.15, -0.1) is 22.7 Å². The molecule has 3 heterocycles. The van der Waals surface area contributed by atoms with E-state index in [9.17, 15) is 0 Å². The van der Waals surface area contributed by atoms with Gasteiger partial charge in [0.2, 0.25) is 0 Å². The first kappa shape index (κ1) is 24.7. The molecule has 0 aliphatic rings. The van der Waals surface area contributed by atoms with Crippen molar-refractivity contribution >= 4 is 74.6 Å². The maximum atomic E-state index is 4.65. The fourth-order valence-corrected chi connectivity index (χ4v) is 7.06. The Morgan fingerprint density at radius 1 is 0.525 bits per heavy atom. The maximum Gasteiger partial charge on any atom is 0.114 e. The lowest BCUT2D eigenvalue weighted by atomic mass is 10.1. The lowest BCUT2D eigenvalue weighted by Crippen LogP contribution is -2.09. The second-order valence-electron chi connectivity index (χ2n) is 9.23. The van der Waals surface area contributed by atoms with Crippen LogP contribution < -0.4 is 4.90 Å². The number of aromatic nitrogens is 2. The Hall–Kier alpha value is -4.36. The van der Waals surface area contributed by atoms with Crippen molar-refractivity contribution in [3.63, 3.8) is 0 Å². The zero-order valence-electron chi connectivity index (χ0n) is 21.3. The van der Waals surface area contributed by atoms with E-state index in [0.29, 0.717) is 0 Å². The van der Waals surface area contributed by atoms with Crippen molar-refractivity contribution < 1.29 is 0 Å². The molecule has 0 aliphatic heterocycles. The van der Waals surface area contributed by atoms with Crippen molar-refractivity contribution in [3.8, 4) is 20.9 Å². The summed E-state index contributed by atoms with van der Waals surface area (Å²) in [6.07, 6.45) is 4.36. The largest absolute Gasteiger partial charge is 0.311 e. The summed E-state index contributed by atoms with van der Waals surface area (Å²) in [4.78, 5) is 5.90. The smallest absolute Gasteiger partial charge is 0.114 e. The predicted molar refractivity (Wildman–Crippen MR) is 174 cm³/mol. The molecule has 3 aromatic heterocycles. The number of anilines is 3. The number of hydrogen-bond acceptors (Lipinski definition) is 6. The molecule has 0 N–H and O–H groups in total. The number of hydrogen-bond donors (Lipinski definition) is 0. The summed E-state index contributed by atoms with van der Waals surface area (Å²) in [7, 11) is 0. The van der Waals surface area contributed by atoms with Gasteiger partial charge in [-0.05, 0) is 71.6 Å². The summed E-state index contributed by atoms with van der Waals surface area (Å²) < 4.78 is 9.28. The second-order valence-corrected chi connectivity index (χ2v) is 11.8. The summed E-state index contributed by atoms with van der Waals surface area (Å²) >= 11 is 4.79. The molecule has 0 radical (unpaired) electrons. The van der Waals surface area contributed by atoms with Crippen molar-refractivity contribution in [1.82, 2.24) is 8.75 Å². The van der Waals surface area contributed by atoms with Gasteiger partial charge in [-0.25, -0.2) is 0 Å². The third-order valence-electron chi connectivity index (χ3n) is 6.71. The second kappa shape index (κ2) is 11.0. The molecule has 0 spiro atoms. The third kappa shape index (κ3) is 4.89. The monoisotopic (exact) mass is 569 g/mol. The number of thiophene rings is 2. The standard InChI is InChI=1S/C34H23N3S3/c1-3-8-25(9-4-1)37(26-10-5-2-6-11-26)27-16-13-24(14-17-27)15-18-28-19-22-32(39-28)30-21-20-29(31-12-7-23-38-31)33-34(30)36-40-35-33/h1-23H/b18-15+. The summed E-state index contributed by atoms with van der Waals surface area (Å²) in [5, 5.41) is 2.10. The van der Waals surface area contributed by atoms with Crippen molar-refractivity contribution in [2.45, 2.75) is 0 Å². The molecule has 6 heteroatoms. The highest BCUT2D eigenvalue weighted by atomic mass is 32.1. The van der Waals surface area contributed by atoms with E-state index < -0.39 is 0 Å². The number of benzene rings is 4. The predicted octanol–water partition coefficient (Wildman–Crippen LogP) is 10.8. The van der Waals surface area contributed by atoms with Gasteiger partial charge >= 0.3 is 0 Å². The molecule has 0 saturated heterocycles. The molecule has 0 aliphatic carbocycles. The quantitative estimate of drug-likeness (QED) is 0.191. The van der Waals surface area contributed by atoms with Crippen LogP contribution >= 0.6 is 34.4 Å². The van der Waals surface area contributed by atoms with Crippen molar-refractivity contribution in [2.75, 3.05) is 4.90 Å². The van der Waals surface area contributed by atoms with Crippen LogP contribution in [0.5, 0.6) is 0 Å². The highest BCUT2D eigenvalue weighted by Crippen LogP contribution is 2.39. The minimum Gasteiger partial charge on any atom is -0.311 e. The van der Waals surface area contributed by atoms with Crippen LogP contribution in [0.2, 0.25) is 0 Å². The van der Waals surface area contributed by atoms with Crippen LogP contribution in [0, 0.1) is 0 Å². The SMILES string of the molecule is C(=C\c1ccc(-c2ccc(-c3cccs3)c3nsnc23)s1)/c1ccc(N(c2ccccc2)c2ccccc2)cc1. The van der Waals surface area contributed by atoms with Crippen LogP contribution in [-0.2, 0) is 0 Å². The third-order valence-corrected chi connectivity index (χ3v) is 9.23. The molecule has 7 aromatic rings. The topological polar surface area (TPSA) is 29.0 Å². The van der Waals surface area contributed by atoms with E-state index in [0.717, 1.165) is 44.8 Å². The Balaban J connectivity index is 1.13. The van der Waals surface area contributed by atoms with E-state index in [1.807, 2.05) is 12.1 Å². The van der Waals surface area contributed by atoms with E-state index in [1.54, 1.807) is 22.7 Å². The van der Waals surface area contributed by atoms with Crippen LogP contribution in [-0.4, -0.2) is 8.75 Å². The Labute approximate surface area is 245 Å². The van der Waals surface area contributed by atoms with Crippen molar-refractivity contribution in [3.05, 3.63) is 137 Å². The summed E-state index contributed by atoms with van der Waals surface area (Å²) in [6, 6.07) is 42.6. The number of nitrogens with zero attached hydrogens (tertiary/aromatic N) is 3.